The van der Waals surface area contributed by atoms with Gasteiger partial charge in [-0.25, -0.2) is 4.79 Å². The number of carbonyl (C=O) groups excluding carboxylic acids is 3. The summed E-state index contributed by atoms with van der Waals surface area (Å²) in [5.74, 6) is -0.309. The predicted octanol–water partition coefficient (Wildman–Crippen LogP) is 8.95. The van der Waals surface area contributed by atoms with Crippen LogP contribution in [0, 0.1) is 5.92 Å². The topological polar surface area (TPSA) is 100 Å². The highest BCUT2D eigenvalue weighted by molar-refractivity contribution is 6.74. The third-order valence-electron chi connectivity index (χ3n) is 11.3. The van der Waals surface area contributed by atoms with Crippen LogP contribution in [0.5, 0.6) is 5.75 Å². The van der Waals surface area contributed by atoms with Crippen LogP contribution in [0.3, 0.4) is 0 Å². The van der Waals surface area contributed by atoms with Gasteiger partial charge in [0.1, 0.15) is 23.4 Å². The molecule has 1 heterocycles. The minimum Gasteiger partial charge on any atom is -0.543 e. The molecule has 0 saturated carbocycles. The molecule has 1 fully saturated rings. The summed E-state index contributed by atoms with van der Waals surface area (Å²) >= 11 is 0. The van der Waals surface area contributed by atoms with E-state index in [9.17, 15) is 14.4 Å². The Labute approximate surface area is 350 Å². The summed E-state index contributed by atoms with van der Waals surface area (Å²) < 4.78 is 12.5. The molecule has 0 spiro atoms. The van der Waals surface area contributed by atoms with Gasteiger partial charge in [0.2, 0.25) is 14.2 Å². The van der Waals surface area contributed by atoms with E-state index in [1.54, 1.807) is 20.8 Å². The maximum atomic E-state index is 14.0. The second-order valence-electron chi connectivity index (χ2n) is 19.0. The van der Waals surface area contributed by atoms with Crippen LogP contribution in [-0.2, 0) is 20.7 Å². The van der Waals surface area contributed by atoms with Crippen molar-refractivity contribution in [3.63, 3.8) is 0 Å². The first kappa shape index (κ1) is 46.4. The summed E-state index contributed by atoms with van der Waals surface area (Å²) in [6.07, 6.45) is 2.63. The smallest absolute Gasteiger partial charge is 0.329 e. The Hall–Kier alpha value is -4.25. The number of nitrogens with one attached hydrogen (secondary N) is 2. The van der Waals surface area contributed by atoms with Crippen LogP contribution in [0.2, 0.25) is 18.1 Å². The van der Waals surface area contributed by atoms with Crippen LogP contribution in [0.1, 0.15) is 109 Å². The van der Waals surface area contributed by atoms with Crippen molar-refractivity contribution >= 4 is 26.1 Å². The fraction of sp³-hybridized carbons (Fsp3) is 0.521. The Kier molecular flexibility index (Phi) is 15.7. The van der Waals surface area contributed by atoms with Gasteiger partial charge < -0.3 is 19.8 Å². The molecule has 1 aliphatic heterocycles. The number of benzene rings is 3. The van der Waals surface area contributed by atoms with Crippen LogP contribution in [-0.4, -0.2) is 85.3 Å². The summed E-state index contributed by atoms with van der Waals surface area (Å²) in [5.41, 5.74) is 2.80. The Balaban J connectivity index is 1.66. The van der Waals surface area contributed by atoms with E-state index in [0.29, 0.717) is 18.0 Å². The predicted molar refractivity (Wildman–Crippen MR) is 239 cm³/mol. The molecule has 3 unspecified atom stereocenters. The third-order valence-corrected chi connectivity index (χ3v) is 15.7. The van der Waals surface area contributed by atoms with Gasteiger partial charge in [0.05, 0.1) is 6.04 Å². The average Bonchev–Trinajstić information content (AvgIpc) is 3.12. The van der Waals surface area contributed by atoms with Crippen LogP contribution < -0.4 is 15.1 Å². The second-order valence-corrected chi connectivity index (χ2v) is 23.8. The van der Waals surface area contributed by atoms with Gasteiger partial charge in [0.15, 0.2) is 0 Å². The maximum absolute atomic E-state index is 14.0. The van der Waals surface area contributed by atoms with Crippen LogP contribution in [0.15, 0.2) is 91.5 Å². The molecule has 3 aromatic carbocycles. The number of amides is 2. The monoisotopic (exact) mass is 811 g/mol. The van der Waals surface area contributed by atoms with E-state index in [1.807, 2.05) is 74.5 Å². The van der Waals surface area contributed by atoms with E-state index in [1.165, 1.54) is 0 Å². The minimum absolute atomic E-state index is 0.0545. The number of ether oxygens (including phenoxy) is 1. The van der Waals surface area contributed by atoms with Gasteiger partial charge in [-0.1, -0.05) is 95.3 Å². The molecule has 9 nitrogen and oxygen atoms in total. The zero-order valence-electron chi connectivity index (χ0n) is 37.2. The van der Waals surface area contributed by atoms with Gasteiger partial charge in [-0.15, -0.1) is 6.58 Å². The van der Waals surface area contributed by atoms with Crippen LogP contribution in [0.4, 0.5) is 0 Å². The lowest BCUT2D eigenvalue weighted by molar-refractivity contribution is -0.159. The minimum atomic E-state index is -2.09. The normalized spacial score (nSPS) is 18.5. The van der Waals surface area contributed by atoms with Crippen LogP contribution >= 0.6 is 0 Å². The fourth-order valence-corrected chi connectivity index (χ4v) is 8.25. The van der Waals surface area contributed by atoms with E-state index in [2.05, 4.69) is 99.0 Å². The second kappa shape index (κ2) is 19.7. The lowest BCUT2D eigenvalue weighted by atomic mass is 9.92. The molecule has 10 heteroatoms. The molecule has 2 N–H and O–H groups in total. The molecule has 316 valence electrons. The molecule has 0 radical (unpaired) electrons. The average molecular weight is 811 g/mol. The molecule has 1 saturated heterocycles. The van der Waals surface area contributed by atoms with Crippen molar-refractivity contribution in [2.24, 2.45) is 5.92 Å². The summed E-state index contributed by atoms with van der Waals surface area (Å²) in [6, 6.07) is 24.5. The largest absolute Gasteiger partial charge is 0.543 e. The first-order valence-electron chi connectivity index (χ1n) is 21.0. The van der Waals surface area contributed by atoms with Gasteiger partial charge in [0.25, 0.3) is 5.91 Å². The molecule has 1 aliphatic rings. The summed E-state index contributed by atoms with van der Waals surface area (Å²) in [7, 11) is -2.09. The Morgan fingerprint density at radius 2 is 1.50 bits per heavy atom. The quantitative estimate of drug-likeness (QED) is 0.0847. The van der Waals surface area contributed by atoms with Gasteiger partial charge in [0, 0.05) is 43.7 Å². The molecular weight excluding hydrogens is 741 g/mol. The third kappa shape index (κ3) is 12.9. The SMILES string of the molecule is C=CCN1CC(C)N(C(c2ccc(C(=O)N[C@@H](Cc3ccccc3)C(=O)N[C@@H](CC(C)C)C(=O)OC(C)(C)C)cc2)c2cccc(O[Si](C)(C)C(C)(C)C)c2)CC1C. The number of hydrogen-bond donors (Lipinski definition) is 2. The van der Waals surface area contributed by atoms with E-state index < -0.39 is 37.9 Å². The molecule has 5 atom stereocenters. The van der Waals surface area contributed by atoms with Crippen molar-refractivity contribution in [2.75, 3.05) is 19.6 Å². The van der Waals surface area contributed by atoms with Crippen molar-refractivity contribution < 1.29 is 23.5 Å². The first-order chi connectivity index (χ1) is 27.1. The maximum Gasteiger partial charge on any atom is 0.329 e. The van der Waals surface area contributed by atoms with Gasteiger partial charge in [-0.2, -0.15) is 0 Å². The zero-order chi connectivity index (χ0) is 43.0. The van der Waals surface area contributed by atoms with Gasteiger partial charge in [-0.05, 0) is 106 Å². The van der Waals surface area contributed by atoms with E-state index >= 15 is 0 Å². The molecule has 0 bridgehead atoms. The first-order valence-corrected chi connectivity index (χ1v) is 23.9. The van der Waals surface area contributed by atoms with E-state index in [4.69, 9.17) is 9.16 Å². The van der Waals surface area contributed by atoms with Gasteiger partial charge in [-0.3, -0.25) is 19.4 Å². The number of piperazine rings is 1. The molecule has 4 rings (SSSR count). The highest BCUT2D eigenvalue weighted by Crippen LogP contribution is 2.39. The van der Waals surface area contributed by atoms with Crippen molar-refractivity contribution in [1.29, 1.82) is 0 Å². The lowest BCUT2D eigenvalue weighted by Crippen LogP contribution is -2.57. The summed E-state index contributed by atoms with van der Waals surface area (Å²) in [4.78, 5) is 46.3. The molecule has 2 amide bonds. The fourth-order valence-electron chi connectivity index (χ4n) is 7.22. The van der Waals surface area contributed by atoms with Crippen molar-refractivity contribution in [3.05, 3.63) is 114 Å². The Bertz CT molecular complexity index is 1830. The van der Waals surface area contributed by atoms with Gasteiger partial charge >= 0.3 is 5.97 Å². The molecule has 0 aliphatic carbocycles. The molecule has 3 aromatic rings. The lowest BCUT2D eigenvalue weighted by Gasteiger charge is -2.47. The zero-order valence-corrected chi connectivity index (χ0v) is 38.2. The van der Waals surface area contributed by atoms with E-state index in [-0.39, 0.29) is 35.4 Å². The highest BCUT2D eigenvalue weighted by Gasteiger charge is 2.40. The van der Waals surface area contributed by atoms with E-state index in [0.717, 1.165) is 42.1 Å². The van der Waals surface area contributed by atoms with Crippen LogP contribution in [0.25, 0.3) is 0 Å². The number of hydrogen-bond acceptors (Lipinski definition) is 7. The Morgan fingerprint density at radius 1 is 0.845 bits per heavy atom. The number of carbonyl (C=O) groups is 3. The highest BCUT2D eigenvalue weighted by atomic mass is 28.4. The Morgan fingerprint density at radius 3 is 2.09 bits per heavy atom. The standard InChI is InChI=1S/C48H70N4O5Si/c1-14-27-51-31-35(5)52(32-34(51)4)43(39-21-18-22-40(30-39)57-58(12,13)48(9,10)11)37-23-25-38(26-24-37)44(53)49-41(29-36-19-16-15-17-20-36)45(54)50-42(28-33(2)3)46(55)56-47(6,7)8/h14-26,30,33-35,41-43H,1,27-29,31-32H2,2-13H3,(H,49,53)(H,50,54)/t34?,35?,41-,42-,43?/m0/s1. The van der Waals surface area contributed by atoms with Crippen molar-refractivity contribution in [3.8, 4) is 5.75 Å². The molecule has 58 heavy (non-hydrogen) atoms. The number of nitrogens with zero attached hydrogens (tertiary/aromatic N) is 2. The number of rotatable bonds is 16. The van der Waals surface area contributed by atoms with Crippen molar-refractivity contribution in [1.82, 2.24) is 20.4 Å². The molecular formula is C48H70N4O5Si. The number of esters is 1. The summed E-state index contributed by atoms with van der Waals surface area (Å²) in [6.45, 7) is 31.8. The van der Waals surface area contributed by atoms with Crippen molar-refractivity contribution in [2.45, 2.75) is 136 Å². The molecule has 0 aromatic heterocycles. The summed E-state index contributed by atoms with van der Waals surface area (Å²) in [5, 5.41) is 5.98.